The van der Waals surface area contributed by atoms with Gasteiger partial charge in [0.05, 0.1) is 18.0 Å². The van der Waals surface area contributed by atoms with E-state index in [0.717, 1.165) is 43.2 Å². The van der Waals surface area contributed by atoms with E-state index in [0.29, 0.717) is 12.5 Å². The van der Waals surface area contributed by atoms with Crippen molar-refractivity contribution in [3.63, 3.8) is 0 Å². The second-order valence-electron chi connectivity index (χ2n) is 8.78. The molecule has 0 aromatic carbocycles. The van der Waals surface area contributed by atoms with Crippen LogP contribution in [0.3, 0.4) is 0 Å². The molecule has 3 aromatic heterocycles. The highest BCUT2D eigenvalue weighted by molar-refractivity contribution is 7.14. The number of aliphatic hydroxyl groups is 1. The van der Waals surface area contributed by atoms with Crippen molar-refractivity contribution >= 4 is 22.9 Å². The zero-order valence-electron chi connectivity index (χ0n) is 20.1. The first-order chi connectivity index (χ1) is 17.5. The van der Waals surface area contributed by atoms with E-state index >= 15 is 0 Å². The number of aromatic nitrogens is 3. The Labute approximate surface area is 213 Å². The summed E-state index contributed by atoms with van der Waals surface area (Å²) in [6.07, 6.45) is 5.06. The molecule has 1 saturated heterocycles. The molecule has 0 spiro atoms. The maximum Gasteiger partial charge on any atom is 0.270 e. The van der Waals surface area contributed by atoms with E-state index in [1.54, 1.807) is 24.5 Å². The first-order valence-corrected chi connectivity index (χ1v) is 12.6. The third-order valence-electron chi connectivity index (χ3n) is 6.01. The number of amides is 1. The third kappa shape index (κ3) is 6.34. The Hall–Kier alpha value is -3.59. The lowest BCUT2D eigenvalue weighted by Crippen LogP contribution is -2.38. The average molecular weight is 508 g/mol. The van der Waals surface area contributed by atoms with Gasteiger partial charge in [0.2, 0.25) is 5.88 Å². The SMILES string of the molecule is CC(CO)Oc1nc(C(=O)NCC2CCN(Cc3cnc(-c4ccccn4)s3)CC2)cc(N)c1C#N. The van der Waals surface area contributed by atoms with Crippen molar-refractivity contribution in [2.24, 2.45) is 5.92 Å². The minimum atomic E-state index is -0.584. The van der Waals surface area contributed by atoms with Gasteiger partial charge in [-0.15, -0.1) is 11.3 Å². The maximum absolute atomic E-state index is 12.7. The number of nitriles is 1. The highest BCUT2D eigenvalue weighted by Crippen LogP contribution is 2.26. The third-order valence-corrected chi connectivity index (χ3v) is 7.01. The minimum Gasteiger partial charge on any atom is -0.471 e. The van der Waals surface area contributed by atoms with Gasteiger partial charge in [-0.3, -0.25) is 14.7 Å². The number of piperidine rings is 1. The number of hydrogen-bond acceptors (Lipinski definition) is 10. The summed E-state index contributed by atoms with van der Waals surface area (Å²) >= 11 is 1.67. The standard InChI is InChI=1S/C25H29N7O3S/c1-16(15-33)35-24-19(11-26)20(27)10-22(31-24)23(34)29-12-17-5-8-32(9-6-17)14-18-13-30-25(36-18)21-4-2-3-7-28-21/h2-4,7,10,13,16-17,33H,5-6,8-9,12,14-15H2,1H3,(H2,27,31)(H,29,34). The average Bonchev–Trinajstić information content (AvgIpc) is 3.37. The van der Waals surface area contributed by atoms with Crippen molar-refractivity contribution in [2.75, 3.05) is 32.0 Å². The normalized spacial score (nSPS) is 15.2. The quantitative estimate of drug-likeness (QED) is 0.397. The molecule has 1 amide bonds. The predicted octanol–water partition coefficient (Wildman–Crippen LogP) is 2.46. The van der Waals surface area contributed by atoms with Crippen LogP contribution in [0.4, 0.5) is 5.69 Å². The maximum atomic E-state index is 12.7. The van der Waals surface area contributed by atoms with Crippen molar-refractivity contribution in [2.45, 2.75) is 32.4 Å². The second-order valence-corrected chi connectivity index (χ2v) is 9.89. The molecule has 1 unspecified atom stereocenters. The van der Waals surface area contributed by atoms with Gasteiger partial charge in [0, 0.05) is 30.4 Å². The van der Waals surface area contributed by atoms with Crippen LogP contribution in [-0.2, 0) is 6.54 Å². The van der Waals surface area contributed by atoms with Crippen LogP contribution in [0.1, 0.15) is 40.7 Å². The molecule has 1 fully saturated rings. The molecule has 3 aromatic rings. The van der Waals surface area contributed by atoms with E-state index in [2.05, 4.69) is 25.2 Å². The number of ether oxygens (including phenoxy) is 1. The smallest absolute Gasteiger partial charge is 0.270 e. The molecule has 188 valence electrons. The summed E-state index contributed by atoms with van der Waals surface area (Å²) in [6, 6.07) is 9.14. The van der Waals surface area contributed by atoms with Crippen LogP contribution >= 0.6 is 11.3 Å². The van der Waals surface area contributed by atoms with Crippen molar-refractivity contribution in [1.29, 1.82) is 5.26 Å². The van der Waals surface area contributed by atoms with Gasteiger partial charge in [-0.1, -0.05) is 6.07 Å². The topological polar surface area (TPSA) is 150 Å². The Morgan fingerprint density at radius 2 is 2.19 bits per heavy atom. The van der Waals surface area contributed by atoms with E-state index in [9.17, 15) is 15.2 Å². The number of carbonyl (C=O) groups excluding carboxylic acids is 1. The fourth-order valence-electron chi connectivity index (χ4n) is 3.97. The van der Waals surface area contributed by atoms with Crippen LogP contribution in [0.5, 0.6) is 5.88 Å². The lowest BCUT2D eigenvalue weighted by atomic mass is 9.96. The van der Waals surface area contributed by atoms with Crippen LogP contribution in [0, 0.1) is 17.2 Å². The monoisotopic (exact) mass is 507 g/mol. The predicted molar refractivity (Wildman–Crippen MR) is 136 cm³/mol. The number of likely N-dealkylation sites (tertiary alicyclic amines) is 1. The van der Waals surface area contributed by atoms with Gasteiger partial charge in [0.25, 0.3) is 5.91 Å². The Balaban J connectivity index is 1.27. The number of anilines is 1. The van der Waals surface area contributed by atoms with Gasteiger partial charge >= 0.3 is 0 Å². The lowest BCUT2D eigenvalue weighted by Gasteiger charge is -2.31. The molecule has 11 heteroatoms. The van der Waals surface area contributed by atoms with Crippen LogP contribution < -0.4 is 15.8 Å². The van der Waals surface area contributed by atoms with Crippen LogP contribution in [0.25, 0.3) is 10.7 Å². The molecule has 1 atom stereocenters. The Bertz CT molecular complexity index is 1220. The summed E-state index contributed by atoms with van der Waals surface area (Å²) in [4.78, 5) is 29.4. The van der Waals surface area contributed by atoms with Gasteiger partial charge in [-0.2, -0.15) is 5.26 Å². The molecule has 4 rings (SSSR count). The highest BCUT2D eigenvalue weighted by Gasteiger charge is 2.22. The molecular weight excluding hydrogens is 478 g/mol. The number of carbonyl (C=O) groups is 1. The van der Waals surface area contributed by atoms with E-state index in [-0.39, 0.29) is 35.3 Å². The molecule has 1 aliphatic rings. The Morgan fingerprint density at radius 1 is 1.39 bits per heavy atom. The number of aliphatic hydroxyl groups excluding tert-OH is 1. The van der Waals surface area contributed by atoms with Crippen LogP contribution in [0.2, 0.25) is 0 Å². The number of pyridine rings is 2. The fourth-order valence-corrected chi connectivity index (χ4v) is 4.90. The number of rotatable bonds is 9. The number of nitrogens with two attached hydrogens (primary N) is 1. The lowest BCUT2D eigenvalue weighted by molar-refractivity contribution is 0.0926. The Kier molecular flexibility index (Phi) is 8.43. The summed E-state index contributed by atoms with van der Waals surface area (Å²) < 4.78 is 5.48. The van der Waals surface area contributed by atoms with Crippen LogP contribution in [0.15, 0.2) is 36.7 Å². The van der Waals surface area contributed by atoms with Crippen molar-refractivity contribution < 1.29 is 14.6 Å². The largest absolute Gasteiger partial charge is 0.471 e. The number of nitrogens with zero attached hydrogens (tertiary/aromatic N) is 5. The number of thiazole rings is 1. The van der Waals surface area contributed by atoms with Gasteiger partial charge in [0.1, 0.15) is 28.4 Å². The van der Waals surface area contributed by atoms with E-state index in [1.807, 2.05) is 30.5 Å². The first-order valence-electron chi connectivity index (χ1n) is 11.8. The number of nitrogen functional groups attached to an aromatic ring is 1. The fraction of sp³-hybridized carbons (Fsp3) is 0.400. The summed E-state index contributed by atoms with van der Waals surface area (Å²) in [5.74, 6) is -0.0646. The Morgan fingerprint density at radius 3 is 2.89 bits per heavy atom. The zero-order valence-corrected chi connectivity index (χ0v) is 20.9. The summed E-state index contributed by atoms with van der Waals surface area (Å²) in [5.41, 5.74) is 7.08. The van der Waals surface area contributed by atoms with Gasteiger partial charge < -0.3 is 20.9 Å². The van der Waals surface area contributed by atoms with Gasteiger partial charge in [-0.05, 0) is 57.0 Å². The molecule has 36 heavy (non-hydrogen) atoms. The zero-order chi connectivity index (χ0) is 25.5. The summed E-state index contributed by atoms with van der Waals surface area (Å²) in [5, 5.41) is 22.4. The van der Waals surface area contributed by atoms with Gasteiger partial charge in [-0.25, -0.2) is 9.97 Å². The number of hydrogen-bond donors (Lipinski definition) is 3. The molecule has 0 saturated carbocycles. The number of nitrogens with one attached hydrogen (secondary N) is 1. The van der Waals surface area contributed by atoms with Crippen molar-refractivity contribution in [1.82, 2.24) is 25.2 Å². The molecule has 4 heterocycles. The molecule has 1 aliphatic heterocycles. The second kappa shape index (κ2) is 11.9. The molecule has 0 radical (unpaired) electrons. The molecule has 4 N–H and O–H groups in total. The van der Waals surface area contributed by atoms with E-state index < -0.39 is 6.10 Å². The highest BCUT2D eigenvalue weighted by atomic mass is 32.1. The van der Waals surface area contributed by atoms with Crippen molar-refractivity contribution in [3.05, 3.63) is 52.8 Å². The van der Waals surface area contributed by atoms with E-state index in [1.165, 1.54) is 10.9 Å². The summed E-state index contributed by atoms with van der Waals surface area (Å²) in [6.45, 7) is 4.64. The summed E-state index contributed by atoms with van der Waals surface area (Å²) in [7, 11) is 0. The molecule has 10 nitrogen and oxygen atoms in total. The molecule has 0 aliphatic carbocycles. The van der Waals surface area contributed by atoms with Crippen molar-refractivity contribution in [3.8, 4) is 22.7 Å². The molecular formula is C25H29N7O3S. The van der Waals surface area contributed by atoms with Gasteiger partial charge in [0.15, 0.2) is 0 Å². The minimum absolute atomic E-state index is 0.0484. The van der Waals surface area contributed by atoms with Crippen LogP contribution in [-0.4, -0.2) is 63.2 Å². The first kappa shape index (κ1) is 25.5. The molecule has 0 bridgehead atoms. The van der Waals surface area contributed by atoms with E-state index in [4.69, 9.17) is 10.5 Å².